The van der Waals surface area contributed by atoms with E-state index in [1.807, 2.05) is 0 Å². The first-order valence-corrected chi connectivity index (χ1v) is 12.3. The zero-order valence-corrected chi connectivity index (χ0v) is 22.3. The van der Waals surface area contributed by atoms with Crippen LogP contribution in [0.2, 0.25) is 0 Å². The fourth-order valence-electron chi connectivity index (χ4n) is 4.58. The van der Waals surface area contributed by atoms with E-state index < -0.39 is 54.2 Å². The molecule has 1 heterocycles. The summed E-state index contributed by atoms with van der Waals surface area (Å²) in [5, 5.41) is 0. The van der Waals surface area contributed by atoms with Crippen LogP contribution in [-0.2, 0) is 28.4 Å². The van der Waals surface area contributed by atoms with Crippen LogP contribution < -0.4 is 9.80 Å². The molecule has 0 spiro atoms. The quantitative estimate of drug-likeness (QED) is 0.370. The Morgan fingerprint density at radius 3 is 2.08 bits per heavy atom. The number of amides is 2. The van der Waals surface area contributed by atoms with Gasteiger partial charge in [0.1, 0.15) is 0 Å². The van der Waals surface area contributed by atoms with Crippen LogP contribution in [-0.4, -0.2) is 43.6 Å². The molecule has 12 heteroatoms. The monoisotopic (exact) mass is 559 g/mol. The first-order valence-electron chi connectivity index (χ1n) is 12.3. The molecular weight excluding hydrogens is 528 g/mol. The Morgan fingerprint density at radius 1 is 1.00 bits per heavy atom. The summed E-state index contributed by atoms with van der Waals surface area (Å²) in [4.78, 5) is 30.3. The van der Waals surface area contributed by atoms with E-state index in [1.165, 1.54) is 16.7 Å². The van der Waals surface area contributed by atoms with Gasteiger partial charge in [0, 0.05) is 45.4 Å². The molecule has 1 atom stereocenters. The molecule has 2 amide bonds. The molecule has 39 heavy (non-hydrogen) atoms. The summed E-state index contributed by atoms with van der Waals surface area (Å²) in [7, 11) is 3.59. The summed E-state index contributed by atoms with van der Waals surface area (Å²) in [6.45, 7) is 4.38. The van der Waals surface area contributed by atoms with Gasteiger partial charge >= 0.3 is 18.4 Å². The van der Waals surface area contributed by atoms with Crippen LogP contribution in [0, 0.1) is 0 Å². The second-order valence-electron chi connectivity index (χ2n) is 9.94. The molecule has 6 nitrogen and oxygen atoms in total. The molecule has 214 valence electrons. The molecule has 2 aromatic rings. The van der Waals surface area contributed by atoms with Crippen molar-refractivity contribution < 1.29 is 40.7 Å². The van der Waals surface area contributed by atoms with Crippen molar-refractivity contribution in [3.05, 3.63) is 58.7 Å². The number of nitrogens with zero attached hydrogens (tertiary/aromatic N) is 3. The molecule has 1 aliphatic heterocycles. The van der Waals surface area contributed by atoms with Crippen LogP contribution in [0.3, 0.4) is 0 Å². The SMILES string of the molecule is CC(=O)N(Cc1cc(C(F)(F)F)cc(C(F)(F)F)c1)C1CCCN(C(=O)OC(C)C)c2ccc(N(C)C)cc21. The van der Waals surface area contributed by atoms with Crippen molar-refractivity contribution in [2.75, 3.05) is 30.4 Å². The van der Waals surface area contributed by atoms with E-state index in [0.29, 0.717) is 36.2 Å². The number of carbonyl (C=O) groups excluding carboxylic acids is 2. The largest absolute Gasteiger partial charge is 0.446 e. The van der Waals surface area contributed by atoms with Crippen molar-refractivity contribution in [3.8, 4) is 0 Å². The highest BCUT2D eigenvalue weighted by Crippen LogP contribution is 2.41. The number of hydrogen-bond acceptors (Lipinski definition) is 4. The normalized spacial score (nSPS) is 16.0. The molecule has 0 aliphatic carbocycles. The van der Waals surface area contributed by atoms with Crippen molar-refractivity contribution >= 4 is 23.4 Å². The maximum atomic E-state index is 13.5. The summed E-state index contributed by atoms with van der Waals surface area (Å²) >= 11 is 0. The standard InChI is InChI=1S/C27H31F6N3O3/c1-16(2)39-25(38)35-10-6-7-23(22-14-21(34(4)5)8-9-24(22)35)36(17(3)37)15-18-11-19(26(28,29)30)13-20(12-18)27(31,32)33/h8-9,11-14,16,23H,6-7,10,15H2,1-5H3. The van der Waals surface area contributed by atoms with E-state index in [9.17, 15) is 35.9 Å². The van der Waals surface area contributed by atoms with Crippen LogP contribution in [0.15, 0.2) is 36.4 Å². The van der Waals surface area contributed by atoms with Gasteiger partial charge in [-0.1, -0.05) is 0 Å². The minimum absolute atomic E-state index is 0.0597. The molecule has 0 radical (unpaired) electrons. The summed E-state index contributed by atoms with van der Waals surface area (Å²) < 4.78 is 86.2. The summed E-state index contributed by atoms with van der Waals surface area (Å²) in [5.74, 6) is -0.537. The molecule has 0 fully saturated rings. The van der Waals surface area contributed by atoms with Gasteiger partial charge in [-0.05, 0) is 68.7 Å². The molecule has 3 rings (SSSR count). The minimum atomic E-state index is -5.01. The molecule has 0 aromatic heterocycles. The van der Waals surface area contributed by atoms with Crippen molar-refractivity contribution in [1.29, 1.82) is 0 Å². The number of hydrogen-bond donors (Lipinski definition) is 0. The van der Waals surface area contributed by atoms with Crippen molar-refractivity contribution in [3.63, 3.8) is 0 Å². The average molecular weight is 560 g/mol. The molecule has 1 unspecified atom stereocenters. The molecule has 0 N–H and O–H groups in total. The minimum Gasteiger partial charge on any atom is -0.446 e. The lowest BCUT2D eigenvalue weighted by atomic mass is 9.97. The van der Waals surface area contributed by atoms with E-state index in [4.69, 9.17) is 4.74 Å². The van der Waals surface area contributed by atoms with E-state index in [0.717, 1.165) is 5.69 Å². The van der Waals surface area contributed by atoms with Gasteiger partial charge in [-0.3, -0.25) is 9.69 Å². The summed E-state index contributed by atoms with van der Waals surface area (Å²) in [6, 6.07) is 5.84. The maximum absolute atomic E-state index is 13.5. The van der Waals surface area contributed by atoms with Gasteiger partial charge < -0.3 is 14.5 Å². The van der Waals surface area contributed by atoms with Gasteiger partial charge in [0.15, 0.2) is 0 Å². The van der Waals surface area contributed by atoms with Gasteiger partial charge in [0.05, 0.1) is 29.0 Å². The number of ether oxygens (including phenoxy) is 1. The molecule has 0 saturated carbocycles. The summed E-state index contributed by atoms with van der Waals surface area (Å²) in [6.07, 6.45) is -10.3. The van der Waals surface area contributed by atoms with E-state index in [-0.39, 0.29) is 18.2 Å². The zero-order chi connectivity index (χ0) is 29.3. The van der Waals surface area contributed by atoms with Crippen LogP contribution in [0.5, 0.6) is 0 Å². The van der Waals surface area contributed by atoms with E-state index >= 15 is 0 Å². The Hall–Kier alpha value is -3.44. The fourth-order valence-corrected chi connectivity index (χ4v) is 4.58. The van der Waals surface area contributed by atoms with Crippen LogP contribution >= 0.6 is 0 Å². The summed E-state index contributed by atoms with van der Waals surface area (Å²) in [5.41, 5.74) is -1.47. The average Bonchev–Trinajstić information content (AvgIpc) is 2.99. The third kappa shape index (κ3) is 7.15. The van der Waals surface area contributed by atoms with Gasteiger partial charge in [0.2, 0.25) is 5.91 Å². The molecule has 0 saturated heterocycles. The number of carbonyl (C=O) groups is 2. The highest BCUT2D eigenvalue weighted by atomic mass is 19.4. The topological polar surface area (TPSA) is 53.1 Å². The maximum Gasteiger partial charge on any atom is 0.416 e. The van der Waals surface area contributed by atoms with E-state index in [2.05, 4.69) is 0 Å². The highest BCUT2D eigenvalue weighted by molar-refractivity contribution is 5.90. The Kier molecular flexibility index (Phi) is 8.76. The van der Waals surface area contributed by atoms with Crippen LogP contribution in [0.25, 0.3) is 0 Å². The van der Waals surface area contributed by atoms with Gasteiger partial charge in [-0.2, -0.15) is 26.3 Å². The number of halogens is 6. The first-order chi connectivity index (χ1) is 18.0. The molecule has 1 aliphatic rings. The Labute approximate surface area is 223 Å². The lowest BCUT2D eigenvalue weighted by molar-refractivity contribution is -0.143. The smallest absolute Gasteiger partial charge is 0.416 e. The van der Waals surface area contributed by atoms with Crippen LogP contribution in [0.1, 0.15) is 61.9 Å². The Morgan fingerprint density at radius 2 is 1.59 bits per heavy atom. The van der Waals surface area contributed by atoms with Gasteiger partial charge in [0.25, 0.3) is 0 Å². The van der Waals surface area contributed by atoms with Crippen LogP contribution in [0.4, 0.5) is 42.5 Å². The second kappa shape index (κ2) is 11.4. The zero-order valence-electron chi connectivity index (χ0n) is 22.3. The first kappa shape index (κ1) is 30.1. The number of fused-ring (bicyclic) bond motifs is 1. The number of anilines is 2. The predicted octanol–water partition coefficient (Wildman–Crippen LogP) is 7.03. The van der Waals surface area contributed by atoms with Gasteiger partial charge in [-0.25, -0.2) is 4.79 Å². The second-order valence-corrected chi connectivity index (χ2v) is 9.94. The lowest BCUT2D eigenvalue weighted by Gasteiger charge is -2.33. The molecule has 0 bridgehead atoms. The third-order valence-corrected chi connectivity index (χ3v) is 6.37. The van der Waals surface area contributed by atoms with Crippen molar-refractivity contribution in [1.82, 2.24) is 4.90 Å². The lowest BCUT2D eigenvalue weighted by Crippen LogP contribution is -2.35. The molecular formula is C27H31F6N3O3. The Bertz CT molecular complexity index is 1180. The van der Waals surface area contributed by atoms with E-state index in [1.54, 1.807) is 51.0 Å². The Balaban J connectivity index is 2.13. The number of rotatable bonds is 5. The van der Waals surface area contributed by atoms with Gasteiger partial charge in [-0.15, -0.1) is 0 Å². The fraction of sp³-hybridized carbons (Fsp3) is 0.481. The number of benzene rings is 2. The van der Waals surface area contributed by atoms with Crippen molar-refractivity contribution in [2.24, 2.45) is 0 Å². The van der Waals surface area contributed by atoms with Crippen molar-refractivity contribution in [2.45, 2.75) is 64.7 Å². The number of alkyl halides is 6. The molecule has 2 aromatic carbocycles. The highest BCUT2D eigenvalue weighted by Gasteiger charge is 2.38. The third-order valence-electron chi connectivity index (χ3n) is 6.37. The predicted molar refractivity (Wildman–Crippen MR) is 134 cm³/mol.